The van der Waals surface area contributed by atoms with Crippen LogP contribution < -0.4 is 5.32 Å². The predicted molar refractivity (Wildman–Crippen MR) is 59.3 cm³/mol. The van der Waals surface area contributed by atoms with Crippen molar-refractivity contribution in [3.63, 3.8) is 0 Å². The van der Waals surface area contributed by atoms with Gasteiger partial charge in [0.1, 0.15) is 16.5 Å². The molecule has 2 atom stereocenters. The lowest BCUT2D eigenvalue weighted by Crippen LogP contribution is -2.15. The number of rotatable bonds is 3. The zero-order valence-corrected chi connectivity index (χ0v) is 9.72. The fourth-order valence-electron chi connectivity index (χ4n) is 1.60. The molecule has 1 aromatic heterocycles. The summed E-state index contributed by atoms with van der Waals surface area (Å²) in [7, 11) is -1.06. The monoisotopic (exact) mass is 245 g/mol. The van der Waals surface area contributed by atoms with Crippen molar-refractivity contribution in [2.45, 2.75) is 11.4 Å². The minimum absolute atomic E-state index is 0.345. The Hall–Kier alpha value is -0.520. The molecule has 0 radical (unpaired) electrons. The lowest BCUT2D eigenvalue weighted by atomic mass is 10.2. The number of aromatic nitrogens is 2. The van der Waals surface area contributed by atoms with Crippen LogP contribution in [0.25, 0.3) is 0 Å². The number of nitrogens with one attached hydrogen (secondary N) is 1. The van der Waals surface area contributed by atoms with Crippen LogP contribution in [-0.2, 0) is 10.8 Å². The van der Waals surface area contributed by atoms with Crippen molar-refractivity contribution >= 4 is 22.4 Å². The van der Waals surface area contributed by atoms with Gasteiger partial charge in [-0.3, -0.25) is 4.21 Å². The molecule has 4 nitrogen and oxygen atoms in total. The van der Waals surface area contributed by atoms with Crippen molar-refractivity contribution in [1.29, 1.82) is 0 Å². The van der Waals surface area contributed by atoms with Crippen LogP contribution in [0.15, 0.2) is 17.4 Å². The van der Waals surface area contributed by atoms with Gasteiger partial charge in [-0.15, -0.1) is 0 Å². The van der Waals surface area contributed by atoms with Crippen LogP contribution in [0.1, 0.15) is 6.42 Å². The summed E-state index contributed by atoms with van der Waals surface area (Å²) in [4.78, 5) is 7.73. The molecule has 82 valence electrons. The van der Waals surface area contributed by atoms with Gasteiger partial charge in [0.2, 0.25) is 0 Å². The molecule has 0 saturated carbocycles. The maximum absolute atomic E-state index is 11.9. The van der Waals surface area contributed by atoms with Crippen molar-refractivity contribution < 1.29 is 4.21 Å². The molecule has 0 bridgehead atoms. The van der Waals surface area contributed by atoms with Gasteiger partial charge in [-0.25, -0.2) is 9.97 Å². The third-order valence-corrected chi connectivity index (χ3v) is 4.06. The smallest absolute Gasteiger partial charge is 0.133 e. The third-order valence-electron chi connectivity index (χ3n) is 2.39. The van der Waals surface area contributed by atoms with E-state index in [-0.39, 0.29) is 0 Å². The Morgan fingerprint density at radius 2 is 2.47 bits per heavy atom. The minimum atomic E-state index is -1.06. The molecule has 1 fully saturated rings. The van der Waals surface area contributed by atoms with Gasteiger partial charge < -0.3 is 5.32 Å². The Labute approximate surface area is 95.9 Å². The zero-order chi connectivity index (χ0) is 10.7. The summed E-state index contributed by atoms with van der Waals surface area (Å²) >= 11 is 5.71. The molecule has 0 unspecified atom stereocenters. The van der Waals surface area contributed by atoms with Crippen molar-refractivity contribution in [3.05, 3.63) is 17.5 Å². The molecule has 0 spiro atoms. The molecule has 1 N–H and O–H groups in total. The van der Waals surface area contributed by atoms with E-state index in [1.807, 2.05) is 0 Å². The average Bonchev–Trinajstić information content (AvgIpc) is 2.70. The summed E-state index contributed by atoms with van der Waals surface area (Å²) < 4.78 is 11.9. The minimum Gasteiger partial charge on any atom is -0.316 e. The first-order valence-electron chi connectivity index (χ1n) is 4.82. The molecule has 2 rings (SSSR count). The van der Waals surface area contributed by atoms with Crippen LogP contribution in [0, 0.1) is 5.92 Å². The first kappa shape index (κ1) is 11.0. The van der Waals surface area contributed by atoms with E-state index >= 15 is 0 Å². The standard InChI is InChI=1S/C9H12ClN3OS/c10-8-3-9(13-6-12-8)15(14)5-7-1-2-11-4-7/h3,6-7,11H,1-2,4-5H2/t7-,15+/m1/s1. The van der Waals surface area contributed by atoms with Crippen molar-refractivity contribution in [2.75, 3.05) is 18.8 Å². The molecule has 2 heterocycles. The summed E-state index contributed by atoms with van der Waals surface area (Å²) in [6.07, 6.45) is 2.44. The summed E-state index contributed by atoms with van der Waals surface area (Å²) in [6, 6.07) is 1.57. The Bertz CT molecular complexity index is 368. The Morgan fingerprint density at radius 1 is 1.60 bits per heavy atom. The zero-order valence-electron chi connectivity index (χ0n) is 8.15. The largest absolute Gasteiger partial charge is 0.316 e. The lowest BCUT2D eigenvalue weighted by Gasteiger charge is -2.06. The Morgan fingerprint density at radius 3 is 3.13 bits per heavy atom. The summed E-state index contributed by atoms with van der Waals surface area (Å²) in [5, 5.41) is 4.12. The summed E-state index contributed by atoms with van der Waals surface area (Å²) in [6.45, 7) is 1.97. The first-order valence-corrected chi connectivity index (χ1v) is 6.52. The molecule has 1 aliphatic rings. The van der Waals surface area contributed by atoms with Crippen molar-refractivity contribution in [3.8, 4) is 0 Å². The maximum Gasteiger partial charge on any atom is 0.133 e. The molecule has 6 heteroatoms. The number of hydrogen-bond donors (Lipinski definition) is 1. The highest BCUT2D eigenvalue weighted by atomic mass is 35.5. The second-order valence-electron chi connectivity index (χ2n) is 3.55. The normalized spacial score (nSPS) is 22.9. The third kappa shape index (κ3) is 2.96. The number of halogens is 1. The van der Waals surface area contributed by atoms with Gasteiger partial charge in [0.25, 0.3) is 0 Å². The van der Waals surface area contributed by atoms with Crippen molar-refractivity contribution in [1.82, 2.24) is 15.3 Å². The van der Waals surface area contributed by atoms with Gasteiger partial charge in [0, 0.05) is 11.8 Å². The van der Waals surface area contributed by atoms with Gasteiger partial charge in [0.15, 0.2) is 0 Å². The lowest BCUT2D eigenvalue weighted by molar-refractivity contribution is 0.630. The molecule has 1 aliphatic heterocycles. The van der Waals surface area contributed by atoms with E-state index < -0.39 is 10.8 Å². The van der Waals surface area contributed by atoms with Gasteiger partial charge in [0.05, 0.1) is 10.8 Å². The second kappa shape index (κ2) is 5.01. The average molecular weight is 246 g/mol. The fourth-order valence-corrected chi connectivity index (χ4v) is 3.10. The molecular formula is C9H12ClN3OS. The van der Waals surface area contributed by atoms with E-state index in [0.29, 0.717) is 21.8 Å². The Balaban J connectivity index is 2.01. The van der Waals surface area contributed by atoms with E-state index in [1.54, 1.807) is 6.07 Å². The van der Waals surface area contributed by atoms with E-state index in [0.717, 1.165) is 19.5 Å². The highest BCUT2D eigenvalue weighted by Gasteiger charge is 2.18. The Kier molecular flexibility index (Phi) is 3.66. The van der Waals surface area contributed by atoms with Crippen LogP contribution >= 0.6 is 11.6 Å². The van der Waals surface area contributed by atoms with Gasteiger partial charge in [-0.05, 0) is 25.4 Å². The summed E-state index contributed by atoms with van der Waals surface area (Å²) in [5.41, 5.74) is 0. The topological polar surface area (TPSA) is 54.9 Å². The van der Waals surface area contributed by atoms with Gasteiger partial charge in [-0.1, -0.05) is 11.6 Å². The van der Waals surface area contributed by atoms with E-state index in [4.69, 9.17) is 11.6 Å². The highest BCUT2D eigenvalue weighted by molar-refractivity contribution is 7.85. The molecule has 1 saturated heterocycles. The van der Waals surface area contributed by atoms with E-state index in [1.165, 1.54) is 6.33 Å². The van der Waals surface area contributed by atoms with E-state index in [9.17, 15) is 4.21 Å². The maximum atomic E-state index is 11.9. The molecule has 0 aromatic carbocycles. The summed E-state index contributed by atoms with van der Waals surface area (Å²) in [5.74, 6) is 1.14. The highest BCUT2D eigenvalue weighted by Crippen LogP contribution is 2.14. The van der Waals surface area contributed by atoms with Crippen molar-refractivity contribution in [2.24, 2.45) is 5.92 Å². The molecule has 0 aliphatic carbocycles. The quantitative estimate of drug-likeness (QED) is 0.803. The van der Waals surface area contributed by atoms with Crippen LogP contribution in [0.5, 0.6) is 0 Å². The predicted octanol–water partition coefficient (Wildman–Crippen LogP) is 0.847. The van der Waals surface area contributed by atoms with Crippen LogP contribution in [0.4, 0.5) is 0 Å². The first-order chi connectivity index (χ1) is 7.25. The SMILES string of the molecule is O=[S@@](C[C@@H]1CCNC1)c1cc(Cl)ncn1. The number of nitrogens with zero attached hydrogens (tertiary/aromatic N) is 2. The van der Waals surface area contributed by atoms with Gasteiger partial charge >= 0.3 is 0 Å². The molecule has 1 aromatic rings. The van der Waals surface area contributed by atoms with Crippen LogP contribution in [0.3, 0.4) is 0 Å². The second-order valence-corrected chi connectivity index (χ2v) is 5.38. The molecule has 0 amide bonds. The van der Waals surface area contributed by atoms with Crippen LogP contribution in [-0.4, -0.2) is 33.0 Å². The number of hydrogen-bond acceptors (Lipinski definition) is 4. The van der Waals surface area contributed by atoms with E-state index in [2.05, 4.69) is 15.3 Å². The van der Waals surface area contributed by atoms with Gasteiger partial charge in [-0.2, -0.15) is 0 Å². The molecular weight excluding hydrogens is 234 g/mol. The van der Waals surface area contributed by atoms with Crippen LogP contribution in [0.2, 0.25) is 5.15 Å². The fraction of sp³-hybridized carbons (Fsp3) is 0.556. The molecule has 15 heavy (non-hydrogen) atoms.